The van der Waals surface area contributed by atoms with Crippen LogP contribution in [0.3, 0.4) is 0 Å². The highest BCUT2D eigenvalue weighted by molar-refractivity contribution is 6.23. The van der Waals surface area contributed by atoms with Crippen LogP contribution in [0.25, 0.3) is 11.0 Å². The summed E-state index contributed by atoms with van der Waals surface area (Å²) in [6.45, 7) is 2.37. The number of piperidine rings is 1. The van der Waals surface area contributed by atoms with Crippen molar-refractivity contribution in [1.82, 2.24) is 25.5 Å². The number of ether oxygens (including phenoxy) is 2. The van der Waals surface area contributed by atoms with Crippen molar-refractivity contribution < 1.29 is 33.4 Å². The summed E-state index contributed by atoms with van der Waals surface area (Å²) in [5.74, 6) is -0.459. The predicted molar refractivity (Wildman–Crippen MR) is 155 cm³/mol. The van der Waals surface area contributed by atoms with Gasteiger partial charge in [-0.3, -0.25) is 9.59 Å². The molecule has 226 valence electrons. The second-order valence-corrected chi connectivity index (χ2v) is 10.4. The van der Waals surface area contributed by atoms with Gasteiger partial charge in [-0.1, -0.05) is 24.3 Å². The van der Waals surface area contributed by atoms with Crippen molar-refractivity contribution in [1.29, 1.82) is 0 Å². The molecule has 14 nitrogen and oxygen atoms in total. The topological polar surface area (TPSA) is 175 Å². The average molecular weight is 592 g/mol. The number of carbonyl (C=O) groups is 5. The van der Waals surface area contributed by atoms with Gasteiger partial charge in [-0.2, -0.15) is 0 Å². The number of alkyl carbamates (subject to hydrolysis) is 1. The van der Waals surface area contributed by atoms with E-state index in [4.69, 9.17) is 4.74 Å². The number of aromatic amines is 1. The lowest BCUT2D eigenvalue weighted by Gasteiger charge is -2.37. The van der Waals surface area contributed by atoms with Gasteiger partial charge in [0, 0.05) is 26.1 Å². The fraction of sp³-hybridized carbons (Fsp3) is 0.379. The Hall–Kier alpha value is -5.14. The van der Waals surface area contributed by atoms with Gasteiger partial charge < -0.3 is 35.3 Å². The van der Waals surface area contributed by atoms with E-state index in [1.807, 2.05) is 24.3 Å². The second kappa shape index (κ2) is 12.4. The molecule has 2 aliphatic rings. The molecule has 3 heterocycles. The summed E-state index contributed by atoms with van der Waals surface area (Å²) in [6.07, 6.45) is 0.0188. The van der Waals surface area contributed by atoms with Gasteiger partial charge in [-0.25, -0.2) is 24.3 Å². The Morgan fingerprint density at radius 1 is 1.09 bits per heavy atom. The lowest BCUT2D eigenvalue weighted by molar-refractivity contribution is -0.142. The molecular formula is C29H33N7O7. The number of amides is 5. The third-order valence-electron chi connectivity index (χ3n) is 7.58. The van der Waals surface area contributed by atoms with E-state index in [2.05, 4.69) is 30.7 Å². The third kappa shape index (κ3) is 6.37. The Morgan fingerprint density at radius 3 is 2.60 bits per heavy atom. The predicted octanol–water partition coefficient (Wildman–Crippen LogP) is 2.27. The molecule has 0 radical (unpaired) electrons. The normalized spacial score (nSPS) is 16.6. The van der Waals surface area contributed by atoms with Crippen LogP contribution in [0.2, 0.25) is 0 Å². The number of nitrogens with one attached hydrogen (secondary N) is 4. The first kappa shape index (κ1) is 29.4. The van der Waals surface area contributed by atoms with Crippen molar-refractivity contribution in [2.75, 3.05) is 37.0 Å². The summed E-state index contributed by atoms with van der Waals surface area (Å²) in [6, 6.07) is 12.7. The molecule has 14 heteroatoms. The molecule has 3 aromatic rings. The molecule has 2 saturated heterocycles. The summed E-state index contributed by atoms with van der Waals surface area (Å²) >= 11 is 0. The molecule has 5 rings (SSSR count). The van der Waals surface area contributed by atoms with Crippen molar-refractivity contribution in [2.24, 2.45) is 0 Å². The van der Waals surface area contributed by atoms with Crippen LogP contribution in [0.15, 0.2) is 48.5 Å². The summed E-state index contributed by atoms with van der Waals surface area (Å²) < 4.78 is 9.73. The van der Waals surface area contributed by atoms with Crippen molar-refractivity contribution >= 4 is 52.6 Å². The van der Waals surface area contributed by atoms with Crippen molar-refractivity contribution in [3.63, 3.8) is 0 Å². The number of hydrogen-bond donors (Lipinski definition) is 4. The Labute approximate surface area is 247 Å². The summed E-state index contributed by atoms with van der Waals surface area (Å²) in [5.41, 5.74) is 1.52. The van der Waals surface area contributed by atoms with Crippen LogP contribution in [0.5, 0.6) is 0 Å². The maximum atomic E-state index is 13.5. The Kier molecular flexibility index (Phi) is 8.46. The van der Waals surface area contributed by atoms with Gasteiger partial charge in [0.2, 0.25) is 11.9 Å². The monoisotopic (exact) mass is 591 g/mol. The van der Waals surface area contributed by atoms with E-state index in [0.717, 1.165) is 15.9 Å². The number of rotatable bonds is 9. The molecule has 1 aromatic heterocycles. The van der Waals surface area contributed by atoms with E-state index in [1.165, 1.54) is 14.0 Å². The van der Waals surface area contributed by atoms with Gasteiger partial charge in [-0.05, 0) is 49.6 Å². The van der Waals surface area contributed by atoms with Gasteiger partial charge in [0.1, 0.15) is 18.2 Å². The minimum atomic E-state index is -1.10. The van der Waals surface area contributed by atoms with Gasteiger partial charge in [0.15, 0.2) is 0 Å². The zero-order valence-corrected chi connectivity index (χ0v) is 23.8. The van der Waals surface area contributed by atoms with Crippen LogP contribution >= 0.6 is 0 Å². The first-order chi connectivity index (χ1) is 20.7. The van der Waals surface area contributed by atoms with Gasteiger partial charge in [-0.15, -0.1) is 0 Å². The molecule has 2 fully saturated rings. The lowest BCUT2D eigenvalue weighted by Crippen LogP contribution is -2.56. The number of imide groups is 1. The quantitative estimate of drug-likeness (QED) is 0.215. The van der Waals surface area contributed by atoms with Gasteiger partial charge in [0.05, 0.1) is 23.8 Å². The molecule has 2 aromatic carbocycles. The van der Waals surface area contributed by atoms with E-state index in [1.54, 1.807) is 29.2 Å². The van der Waals surface area contributed by atoms with Crippen LogP contribution in [-0.2, 0) is 30.5 Å². The molecule has 5 amide bonds. The van der Waals surface area contributed by atoms with Crippen molar-refractivity contribution in [2.45, 2.75) is 44.4 Å². The largest absolute Gasteiger partial charge is 0.467 e. The smallest absolute Gasteiger partial charge is 0.408 e. The number of anilines is 2. The zero-order chi connectivity index (χ0) is 30.6. The zero-order valence-electron chi connectivity index (χ0n) is 23.8. The first-order valence-corrected chi connectivity index (χ1v) is 13.9. The molecule has 0 bridgehead atoms. The molecule has 4 N–H and O–H groups in total. The van der Waals surface area contributed by atoms with Crippen LogP contribution in [0.1, 0.15) is 31.7 Å². The first-order valence-electron chi connectivity index (χ1n) is 13.9. The van der Waals surface area contributed by atoms with E-state index in [-0.39, 0.29) is 37.7 Å². The number of urea groups is 1. The minimum absolute atomic E-state index is 0.0511. The summed E-state index contributed by atoms with van der Waals surface area (Å²) in [5, 5.41) is 8.35. The number of H-pyrrole nitrogens is 1. The van der Waals surface area contributed by atoms with Crippen LogP contribution < -0.4 is 20.9 Å². The number of benzene rings is 2. The highest BCUT2D eigenvalue weighted by Crippen LogP contribution is 2.33. The maximum absolute atomic E-state index is 13.5. The Bertz CT molecular complexity index is 1510. The van der Waals surface area contributed by atoms with Crippen molar-refractivity contribution in [3.05, 3.63) is 54.1 Å². The highest BCUT2D eigenvalue weighted by atomic mass is 16.6. The molecule has 43 heavy (non-hydrogen) atoms. The highest BCUT2D eigenvalue weighted by Gasteiger charge is 2.53. The standard InChI is InChI=1S/C29H33N7O7/c1-18(24(38)42-2)31-28(41)43-17-19-6-5-7-20(16-19)36-25(39)29(34-27(36)40)11-14-35(15-12-29)23(37)10-13-30-26-32-21-8-3-4-9-22(21)33-26/h3-9,16,18H,10-15,17H2,1-2H3,(H,31,41)(H,34,40)(H2,30,32,33)/t18-/m0/s1. The number of hydrogen-bond acceptors (Lipinski definition) is 9. The number of para-hydroxylation sites is 2. The molecule has 0 saturated carbocycles. The average Bonchev–Trinajstić information content (AvgIpc) is 3.53. The maximum Gasteiger partial charge on any atom is 0.408 e. The Balaban J connectivity index is 1.12. The molecule has 0 unspecified atom stereocenters. The summed E-state index contributed by atoms with van der Waals surface area (Å²) in [7, 11) is 1.21. The number of nitrogens with zero attached hydrogens (tertiary/aromatic N) is 3. The lowest BCUT2D eigenvalue weighted by atomic mass is 9.87. The van der Waals surface area contributed by atoms with Crippen molar-refractivity contribution in [3.8, 4) is 0 Å². The van der Waals surface area contributed by atoms with E-state index in [9.17, 15) is 24.0 Å². The van der Waals surface area contributed by atoms with Gasteiger partial charge in [0.25, 0.3) is 5.91 Å². The third-order valence-corrected chi connectivity index (χ3v) is 7.58. The van der Waals surface area contributed by atoms with Crippen LogP contribution in [0, 0.1) is 0 Å². The van der Waals surface area contributed by atoms with E-state index >= 15 is 0 Å². The molecular weight excluding hydrogens is 558 g/mol. The fourth-order valence-corrected chi connectivity index (χ4v) is 5.20. The minimum Gasteiger partial charge on any atom is -0.467 e. The van der Waals surface area contributed by atoms with E-state index in [0.29, 0.717) is 36.8 Å². The SMILES string of the molecule is COC(=O)[C@H](C)NC(=O)OCc1cccc(N2C(=O)NC3(CCN(C(=O)CCNc4nc5ccccc5[nH]4)CC3)C2=O)c1. The number of esters is 1. The molecule has 1 atom stereocenters. The number of fused-ring (bicyclic) bond motifs is 1. The fourth-order valence-electron chi connectivity index (χ4n) is 5.20. The molecule has 1 spiro atoms. The number of methoxy groups -OCH3 is 1. The number of aromatic nitrogens is 2. The molecule has 0 aliphatic carbocycles. The van der Waals surface area contributed by atoms with Gasteiger partial charge >= 0.3 is 18.1 Å². The molecule has 2 aliphatic heterocycles. The summed E-state index contributed by atoms with van der Waals surface area (Å²) in [4.78, 5) is 73.3. The number of likely N-dealkylation sites (tertiary alicyclic amines) is 1. The second-order valence-electron chi connectivity index (χ2n) is 10.4. The van der Waals surface area contributed by atoms with E-state index < -0.39 is 29.7 Å². The Morgan fingerprint density at radius 2 is 1.86 bits per heavy atom. The van der Waals surface area contributed by atoms with Crippen LogP contribution in [0.4, 0.5) is 21.2 Å². The van der Waals surface area contributed by atoms with Crippen LogP contribution in [-0.4, -0.2) is 83.1 Å². The number of imidazole rings is 1. The number of carbonyl (C=O) groups excluding carboxylic acids is 5.